The van der Waals surface area contributed by atoms with Crippen LogP contribution >= 0.6 is 23.1 Å². The highest BCUT2D eigenvalue weighted by molar-refractivity contribution is 7.99. The largest absolute Gasteiger partial charge is 0.465 e. The van der Waals surface area contributed by atoms with Gasteiger partial charge in [0.05, 0.1) is 12.0 Å². The van der Waals surface area contributed by atoms with Gasteiger partial charge in [-0.2, -0.15) is 4.31 Å². The highest BCUT2D eigenvalue weighted by atomic mass is 32.2. The Hall–Kier alpha value is -2.40. The van der Waals surface area contributed by atoms with E-state index in [1.165, 1.54) is 34.5 Å². The Morgan fingerprint density at radius 3 is 2.45 bits per heavy atom. The van der Waals surface area contributed by atoms with Gasteiger partial charge in [-0.05, 0) is 37.3 Å². The maximum atomic E-state index is 13.1. The molecule has 1 aliphatic heterocycles. The predicted octanol–water partition coefficient (Wildman–Crippen LogP) is 4.45. The standard InChI is InChI=1S/C23H24N2O5S3/c1-30-23(27)20-16-7-3-4-8-17(16)32-22(20)24-21(26)15-11-13-25(14-12-15)33(28,29)19-10-6-5-9-18(19)31-2/h3-10,15H,11-14H2,1-2H3,(H,24,26). The fraction of sp³-hybridized carbons (Fsp3) is 0.304. The molecule has 1 saturated heterocycles. The second-order valence-corrected chi connectivity index (χ2v) is 11.4. The summed E-state index contributed by atoms with van der Waals surface area (Å²) in [6.07, 6.45) is 2.66. The van der Waals surface area contributed by atoms with Gasteiger partial charge in [-0.25, -0.2) is 13.2 Å². The lowest BCUT2D eigenvalue weighted by Crippen LogP contribution is -2.41. The lowest BCUT2D eigenvalue weighted by molar-refractivity contribution is -0.120. The van der Waals surface area contributed by atoms with Crippen molar-refractivity contribution < 1.29 is 22.7 Å². The molecule has 1 aromatic heterocycles. The van der Waals surface area contributed by atoms with E-state index in [2.05, 4.69) is 5.32 Å². The van der Waals surface area contributed by atoms with Crippen LogP contribution in [0.25, 0.3) is 10.1 Å². The number of piperidine rings is 1. The van der Waals surface area contributed by atoms with Crippen LogP contribution in [-0.2, 0) is 19.6 Å². The molecule has 174 valence electrons. The van der Waals surface area contributed by atoms with Crippen molar-refractivity contribution in [1.29, 1.82) is 0 Å². The summed E-state index contributed by atoms with van der Waals surface area (Å²) in [5, 5.41) is 4.09. The van der Waals surface area contributed by atoms with Gasteiger partial charge in [0, 0.05) is 34.0 Å². The number of thiophene rings is 1. The highest BCUT2D eigenvalue weighted by Crippen LogP contribution is 2.37. The average molecular weight is 505 g/mol. The van der Waals surface area contributed by atoms with Crippen molar-refractivity contribution in [1.82, 2.24) is 4.31 Å². The number of carbonyl (C=O) groups is 2. The van der Waals surface area contributed by atoms with Gasteiger partial charge >= 0.3 is 5.97 Å². The number of thioether (sulfide) groups is 1. The van der Waals surface area contributed by atoms with E-state index in [0.717, 1.165) is 10.1 Å². The number of benzene rings is 2. The number of hydrogen-bond donors (Lipinski definition) is 1. The molecule has 2 aromatic carbocycles. The molecule has 0 bridgehead atoms. The SMILES string of the molecule is COC(=O)c1c(NC(=O)C2CCN(S(=O)(=O)c3ccccc3SC)CC2)sc2ccccc12. The minimum absolute atomic E-state index is 0.215. The number of anilines is 1. The summed E-state index contributed by atoms with van der Waals surface area (Å²) in [4.78, 5) is 26.4. The van der Waals surface area contributed by atoms with Crippen molar-refractivity contribution in [3.63, 3.8) is 0 Å². The van der Waals surface area contributed by atoms with E-state index in [0.29, 0.717) is 33.2 Å². The predicted molar refractivity (Wildman–Crippen MR) is 132 cm³/mol. The van der Waals surface area contributed by atoms with Crippen molar-refractivity contribution in [2.75, 3.05) is 31.8 Å². The number of carbonyl (C=O) groups excluding carboxylic acids is 2. The van der Waals surface area contributed by atoms with Gasteiger partial charge < -0.3 is 10.1 Å². The van der Waals surface area contributed by atoms with Crippen molar-refractivity contribution in [2.24, 2.45) is 5.92 Å². The molecule has 0 spiro atoms. The first-order valence-corrected chi connectivity index (χ1v) is 13.9. The van der Waals surface area contributed by atoms with Crippen LogP contribution in [0.15, 0.2) is 58.3 Å². The van der Waals surface area contributed by atoms with Crippen LogP contribution in [0, 0.1) is 5.92 Å². The molecule has 2 heterocycles. The van der Waals surface area contributed by atoms with Crippen LogP contribution in [0.2, 0.25) is 0 Å². The summed E-state index contributed by atoms with van der Waals surface area (Å²) in [6, 6.07) is 14.4. The van der Waals surface area contributed by atoms with Crippen LogP contribution in [0.3, 0.4) is 0 Å². The van der Waals surface area contributed by atoms with Crippen molar-refractivity contribution >= 4 is 60.1 Å². The number of ether oxygens (including phenoxy) is 1. The van der Waals surface area contributed by atoms with Crippen LogP contribution in [0.1, 0.15) is 23.2 Å². The molecule has 4 rings (SSSR count). The first-order chi connectivity index (χ1) is 15.9. The second kappa shape index (κ2) is 9.84. The molecule has 1 amide bonds. The maximum absolute atomic E-state index is 13.1. The number of esters is 1. The lowest BCUT2D eigenvalue weighted by Gasteiger charge is -2.31. The normalized spacial score (nSPS) is 15.5. The topological polar surface area (TPSA) is 92.8 Å². The molecule has 7 nitrogen and oxygen atoms in total. The van der Waals surface area contributed by atoms with Gasteiger partial charge in [-0.1, -0.05) is 30.3 Å². The summed E-state index contributed by atoms with van der Waals surface area (Å²) < 4.78 is 33.5. The fourth-order valence-corrected chi connectivity index (χ4v) is 7.67. The lowest BCUT2D eigenvalue weighted by atomic mass is 9.97. The molecule has 1 N–H and O–H groups in total. The second-order valence-electron chi connectivity index (χ2n) is 7.61. The summed E-state index contributed by atoms with van der Waals surface area (Å²) >= 11 is 2.72. The molecule has 10 heteroatoms. The van der Waals surface area contributed by atoms with E-state index in [4.69, 9.17) is 4.74 Å². The summed E-state index contributed by atoms with van der Waals surface area (Å²) in [5.74, 6) is -1.06. The number of methoxy groups -OCH3 is 1. The van der Waals surface area contributed by atoms with Crippen LogP contribution in [0.5, 0.6) is 0 Å². The van der Waals surface area contributed by atoms with E-state index in [1.807, 2.05) is 36.6 Å². The van der Waals surface area contributed by atoms with Gasteiger partial charge in [-0.15, -0.1) is 23.1 Å². The van der Waals surface area contributed by atoms with Gasteiger partial charge in [0.1, 0.15) is 10.6 Å². The number of nitrogens with zero attached hydrogens (tertiary/aromatic N) is 1. The molecule has 0 aliphatic carbocycles. The van der Waals surface area contributed by atoms with Gasteiger partial charge in [0.2, 0.25) is 15.9 Å². The van der Waals surface area contributed by atoms with Crippen molar-refractivity contribution in [3.8, 4) is 0 Å². The summed E-state index contributed by atoms with van der Waals surface area (Å²) in [7, 11) is -2.32. The van der Waals surface area contributed by atoms with Crippen molar-refractivity contribution in [3.05, 3.63) is 54.1 Å². The smallest absolute Gasteiger partial charge is 0.341 e. The first kappa shape index (κ1) is 23.7. The first-order valence-electron chi connectivity index (χ1n) is 10.4. The third-order valence-corrected chi connectivity index (χ3v) is 9.70. The van der Waals surface area contributed by atoms with Crippen molar-refractivity contribution in [2.45, 2.75) is 22.6 Å². The molecule has 1 aliphatic rings. The molecule has 3 aromatic rings. The Morgan fingerprint density at radius 1 is 1.09 bits per heavy atom. The van der Waals surface area contributed by atoms with Gasteiger partial charge in [-0.3, -0.25) is 4.79 Å². The maximum Gasteiger partial charge on any atom is 0.341 e. The monoisotopic (exact) mass is 504 g/mol. The third kappa shape index (κ3) is 4.65. The quantitative estimate of drug-likeness (QED) is 0.394. The third-order valence-electron chi connectivity index (χ3n) is 5.73. The molecule has 1 fully saturated rings. The Bertz CT molecular complexity index is 1290. The zero-order valence-corrected chi connectivity index (χ0v) is 20.7. The van der Waals surface area contributed by atoms with Crippen LogP contribution in [-0.4, -0.2) is 51.1 Å². The molecule has 0 radical (unpaired) electrons. The zero-order valence-electron chi connectivity index (χ0n) is 18.2. The number of hydrogen-bond acceptors (Lipinski definition) is 7. The van der Waals surface area contributed by atoms with E-state index in [-0.39, 0.29) is 24.9 Å². The van der Waals surface area contributed by atoms with E-state index in [9.17, 15) is 18.0 Å². The highest BCUT2D eigenvalue weighted by Gasteiger charge is 2.34. The van der Waals surface area contributed by atoms with E-state index < -0.39 is 16.0 Å². The Kier molecular flexibility index (Phi) is 7.08. The minimum Gasteiger partial charge on any atom is -0.465 e. The van der Waals surface area contributed by atoms with Gasteiger partial charge in [0.25, 0.3) is 0 Å². The molecule has 0 saturated carbocycles. The zero-order chi connectivity index (χ0) is 23.6. The van der Waals surface area contributed by atoms with E-state index >= 15 is 0 Å². The Balaban J connectivity index is 1.48. The van der Waals surface area contributed by atoms with E-state index in [1.54, 1.807) is 18.2 Å². The van der Waals surface area contributed by atoms with Crippen LogP contribution in [0.4, 0.5) is 5.00 Å². The summed E-state index contributed by atoms with van der Waals surface area (Å²) in [5.41, 5.74) is 0.347. The number of sulfonamides is 1. The molecule has 0 unspecified atom stereocenters. The van der Waals surface area contributed by atoms with Gasteiger partial charge in [0.15, 0.2) is 0 Å². The number of fused-ring (bicyclic) bond motifs is 1. The Morgan fingerprint density at radius 2 is 1.76 bits per heavy atom. The average Bonchev–Trinajstić information content (AvgIpc) is 3.21. The molecule has 33 heavy (non-hydrogen) atoms. The number of rotatable bonds is 6. The summed E-state index contributed by atoms with van der Waals surface area (Å²) in [6.45, 7) is 0.527. The minimum atomic E-state index is -3.63. The molecular weight excluding hydrogens is 480 g/mol. The number of amides is 1. The molecule has 0 atom stereocenters. The Labute approximate surface area is 201 Å². The molecular formula is C23H24N2O5S3. The fourth-order valence-electron chi connectivity index (χ4n) is 3.98. The number of nitrogens with one attached hydrogen (secondary N) is 1. The van der Waals surface area contributed by atoms with Crippen LogP contribution < -0.4 is 5.32 Å².